The molecule has 1 N–H and O–H groups in total. The van der Waals surface area contributed by atoms with E-state index in [9.17, 15) is 28.8 Å². The van der Waals surface area contributed by atoms with Crippen LogP contribution in [-0.2, 0) is 57.2 Å². The second kappa shape index (κ2) is 104. The van der Waals surface area contributed by atoms with Crippen molar-refractivity contribution in [1.29, 1.82) is 0 Å². The van der Waals surface area contributed by atoms with E-state index in [-0.39, 0.29) is 71.7 Å². The Morgan fingerprint density at radius 1 is 0.198 bits per heavy atom. The van der Waals surface area contributed by atoms with Gasteiger partial charge in [-0.05, 0) is 200 Å². The van der Waals surface area contributed by atoms with Crippen LogP contribution in [0.5, 0.6) is 0 Å². The van der Waals surface area contributed by atoms with Gasteiger partial charge in [0.25, 0.3) is 0 Å². The molecule has 0 heterocycles. The van der Waals surface area contributed by atoms with Crippen molar-refractivity contribution in [2.45, 2.75) is 633 Å². The summed E-state index contributed by atoms with van der Waals surface area (Å²) in [6, 6.07) is 0. The van der Waals surface area contributed by atoms with Crippen LogP contribution >= 0.6 is 0 Å². The minimum absolute atomic E-state index is 0.0210. The lowest BCUT2D eigenvalue weighted by Gasteiger charge is -2.19. The van der Waals surface area contributed by atoms with Crippen molar-refractivity contribution in [3.63, 3.8) is 0 Å². The van der Waals surface area contributed by atoms with Crippen molar-refractivity contribution in [3.8, 4) is 0 Å². The number of nitrogens with zero attached hydrogens (tertiary/aromatic N) is 1. The van der Waals surface area contributed by atoms with Crippen molar-refractivity contribution in [2.75, 3.05) is 59.7 Å². The molecule has 14 nitrogen and oxygen atoms in total. The van der Waals surface area contributed by atoms with Gasteiger partial charge in [0.05, 0.1) is 50.1 Å². The topological polar surface area (TPSA) is 173 Å². The molecule has 0 saturated heterocycles. The minimum atomic E-state index is -0.0455. The number of unbranched alkanes of at least 4 members (excludes halogenated alkanes) is 59. The molecule has 0 aliphatic heterocycles. The van der Waals surface area contributed by atoms with Gasteiger partial charge < -0.3 is 38.6 Å². The average Bonchev–Trinajstić information content (AvgIpc) is 0.944. The predicted molar refractivity (Wildman–Crippen MR) is 560 cm³/mol. The zero-order valence-electron chi connectivity index (χ0n) is 89.2. The summed E-state index contributed by atoms with van der Waals surface area (Å²) in [7, 11) is 2.20. The summed E-state index contributed by atoms with van der Waals surface area (Å²) in [5.74, 6) is 0.359. The number of carbonyl (C=O) groups is 6. The summed E-state index contributed by atoms with van der Waals surface area (Å²) in [5.41, 5.74) is 0. The standard InChI is InChI=1S/C117H226N2O12/c1-10-18-26-34-50-66-88-106(84-62-30-22-14-5)114(122)126-102-80-58-46-38-42-54-70-92-110(93-71-55-43-39-47-59-81-103-127-115(123)107(85-63-31-23-15-6)89-67-51-35-27-19-11-2)130-112(120)96-74-76-98-118-99-77-79-101-119(9)100-78-75-97-113(121)131-111(94-72-56-44-40-48-60-82-104-128-116(124)108(86-64-32-24-16-7)90-68-52-36-28-20-12-3)95-73-57-45-41-49-61-83-105-129-117(125)109(87-65-33-25-17-8)91-69-53-37-29-21-13-4/h106-111,118H,10-105H2,1-9H3. The van der Waals surface area contributed by atoms with Gasteiger partial charge in [-0.2, -0.15) is 0 Å². The molecule has 0 fully saturated rings. The normalized spacial score (nSPS) is 13.1. The van der Waals surface area contributed by atoms with Crippen molar-refractivity contribution in [1.82, 2.24) is 10.2 Å². The van der Waals surface area contributed by atoms with Crippen LogP contribution in [0.2, 0.25) is 0 Å². The van der Waals surface area contributed by atoms with Crippen LogP contribution in [0.4, 0.5) is 0 Å². The molecule has 0 aromatic heterocycles. The Morgan fingerprint density at radius 3 is 0.588 bits per heavy atom. The highest BCUT2D eigenvalue weighted by Crippen LogP contribution is 2.29. The number of rotatable bonds is 109. The molecule has 0 aliphatic carbocycles. The molecule has 0 amide bonds. The van der Waals surface area contributed by atoms with Gasteiger partial charge in [-0.25, -0.2) is 0 Å². The maximum atomic E-state index is 13.5. The molecule has 0 rings (SSSR count). The third-order valence-electron chi connectivity index (χ3n) is 28.1. The van der Waals surface area contributed by atoms with Crippen molar-refractivity contribution >= 4 is 35.8 Å². The predicted octanol–water partition coefficient (Wildman–Crippen LogP) is 35.5. The highest BCUT2D eigenvalue weighted by molar-refractivity contribution is 5.74. The molecular weight excluding hydrogens is 1630 g/mol. The van der Waals surface area contributed by atoms with Crippen LogP contribution in [0, 0.1) is 23.7 Å². The zero-order chi connectivity index (χ0) is 95.3. The first-order valence-corrected chi connectivity index (χ1v) is 58.8. The summed E-state index contributed by atoms with van der Waals surface area (Å²) in [6.07, 6.45) is 98.7. The van der Waals surface area contributed by atoms with Crippen LogP contribution in [0.3, 0.4) is 0 Å². The van der Waals surface area contributed by atoms with E-state index in [0.29, 0.717) is 39.3 Å². The summed E-state index contributed by atoms with van der Waals surface area (Å²) in [4.78, 5) is 82.3. The molecule has 0 spiro atoms. The number of hydrogen-bond acceptors (Lipinski definition) is 14. The first-order valence-electron chi connectivity index (χ1n) is 58.8. The van der Waals surface area contributed by atoms with E-state index in [2.05, 4.69) is 72.7 Å². The summed E-state index contributed by atoms with van der Waals surface area (Å²) in [6.45, 7) is 24.1. The number of esters is 6. The van der Waals surface area contributed by atoms with Crippen molar-refractivity contribution in [2.24, 2.45) is 23.7 Å². The van der Waals surface area contributed by atoms with E-state index in [1.54, 1.807) is 0 Å². The maximum absolute atomic E-state index is 13.5. The highest BCUT2D eigenvalue weighted by atomic mass is 16.6. The van der Waals surface area contributed by atoms with Crippen LogP contribution in [0.25, 0.3) is 0 Å². The fraction of sp³-hybridized carbons (Fsp3) is 0.949. The zero-order valence-corrected chi connectivity index (χ0v) is 89.2. The van der Waals surface area contributed by atoms with E-state index in [1.165, 1.54) is 257 Å². The Labute approximate surface area is 814 Å². The Hall–Kier alpha value is -3.26. The van der Waals surface area contributed by atoms with Gasteiger partial charge in [0, 0.05) is 12.8 Å². The maximum Gasteiger partial charge on any atom is 0.308 e. The van der Waals surface area contributed by atoms with Crippen LogP contribution in [0.15, 0.2) is 0 Å². The first kappa shape index (κ1) is 128. The molecule has 14 heteroatoms. The Bertz CT molecular complexity index is 2260. The summed E-state index contributed by atoms with van der Waals surface area (Å²) in [5, 5.41) is 3.64. The van der Waals surface area contributed by atoms with Gasteiger partial charge in [-0.3, -0.25) is 28.8 Å². The lowest BCUT2D eigenvalue weighted by atomic mass is 9.94. The molecule has 131 heavy (non-hydrogen) atoms. The molecule has 0 saturated carbocycles. The van der Waals surface area contributed by atoms with Crippen molar-refractivity contribution in [3.05, 3.63) is 0 Å². The lowest BCUT2D eigenvalue weighted by molar-refractivity contribution is -0.151. The lowest BCUT2D eigenvalue weighted by Crippen LogP contribution is -2.23. The Morgan fingerprint density at radius 2 is 0.366 bits per heavy atom. The van der Waals surface area contributed by atoms with E-state index in [0.717, 1.165) is 322 Å². The molecule has 4 unspecified atom stereocenters. The molecule has 4 atom stereocenters. The number of ether oxygens (including phenoxy) is 6. The van der Waals surface area contributed by atoms with Gasteiger partial charge in [0.1, 0.15) is 12.2 Å². The SMILES string of the molecule is CCCCCCCCC(CCCCCC)C(=O)OCCCCCCCCCC(CCCCCCCCCOC(=O)C(CCCCCC)CCCCCCCC)OC(=O)CCCCNCCCCN(C)CCCCC(=O)OC(CCCCCCCCCOC(=O)C(CCCCCC)CCCCCCCC)CCCCCCCCCOC(=O)C(CCCCCC)CCCCCCCC. The number of nitrogens with one attached hydrogen (secondary N) is 1. The molecule has 0 bridgehead atoms. The molecule has 0 aromatic rings. The van der Waals surface area contributed by atoms with Crippen LogP contribution in [-0.4, -0.2) is 113 Å². The number of carbonyl (C=O) groups excluding carboxylic acids is 6. The highest BCUT2D eigenvalue weighted by Gasteiger charge is 2.25. The van der Waals surface area contributed by atoms with Gasteiger partial charge in [-0.1, -0.05) is 441 Å². The largest absolute Gasteiger partial charge is 0.465 e. The molecule has 776 valence electrons. The summed E-state index contributed by atoms with van der Waals surface area (Å²) < 4.78 is 36.2. The molecular formula is C117H226N2O12. The van der Waals surface area contributed by atoms with E-state index >= 15 is 0 Å². The van der Waals surface area contributed by atoms with E-state index in [1.807, 2.05) is 0 Å². The monoisotopic (exact) mass is 1850 g/mol. The van der Waals surface area contributed by atoms with Gasteiger partial charge in [-0.15, -0.1) is 0 Å². The van der Waals surface area contributed by atoms with E-state index < -0.39 is 0 Å². The van der Waals surface area contributed by atoms with E-state index in [4.69, 9.17) is 28.4 Å². The molecule has 0 radical (unpaired) electrons. The Kier molecular flexibility index (Phi) is 102. The van der Waals surface area contributed by atoms with Crippen LogP contribution < -0.4 is 5.32 Å². The fourth-order valence-corrected chi connectivity index (χ4v) is 19.1. The molecule has 0 aliphatic rings. The summed E-state index contributed by atoms with van der Waals surface area (Å²) >= 11 is 0. The van der Waals surface area contributed by atoms with Crippen LogP contribution in [0.1, 0.15) is 620 Å². The average molecular weight is 1850 g/mol. The Balaban J connectivity index is 5.25. The smallest absolute Gasteiger partial charge is 0.308 e. The third-order valence-corrected chi connectivity index (χ3v) is 28.1. The second-order valence-electron chi connectivity index (χ2n) is 41.0. The molecule has 0 aromatic carbocycles. The quantitative estimate of drug-likeness (QED) is 0.0346. The number of hydrogen-bond donors (Lipinski definition) is 1. The second-order valence-corrected chi connectivity index (χ2v) is 41.0. The first-order chi connectivity index (χ1) is 64.3. The van der Waals surface area contributed by atoms with Gasteiger partial charge in [0.15, 0.2) is 0 Å². The van der Waals surface area contributed by atoms with Gasteiger partial charge >= 0.3 is 35.8 Å². The minimum Gasteiger partial charge on any atom is -0.465 e. The fourth-order valence-electron chi connectivity index (χ4n) is 19.1. The van der Waals surface area contributed by atoms with Crippen molar-refractivity contribution < 1.29 is 57.2 Å². The van der Waals surface area contributed by atoms with Gasteiger partial charge in [0.2, 0.25) is 0 Å². The third kappa shape index (κ3) is 90.4.